The maximum Gasteiger partial charge on any atom is 0.0726 e. The number of anilines is 3. The maximum absolute atomic E-state index is 2.53. The highest BCUT2D eigenvalue weighted by Gasteiger charge is 2.53. The highest BCUT2D eigenvalue weighted by atomic mass is 15.1. The van der Waals surface area contributed by atoms with Crippen LogP contribution in [0.2, 0.25) is 0 Å². The summed E-state index contributed by atoms with van der Waals surface area (Å²) in [4.78, 5) is 2.53. The summed E-state index contributed by atoms with van der Waals surface area (Å²) >= 11 is 0. The lowest BCUT2D eigenvalue weighted by atomic mass is 9.70. The van der Waals surface area contributed by atoms with Crippen LogP contribution in [0.3, 0.4) is 0 Å². The van der Waals surface area contributed by atoms with Crippen molar-refractivity contribution in [2.45, 2.75) is 24.7 Å². The predicted octanol–water partition coefficient (Wildman–Crippen LogP) is 18.9. The predicted molar refractivity (Wildman–Crippen MR) is 312 cm³/mol. The average Bonchev–Trinajstić information content (AvgIpc) is 4.16. The van der Waals surface area contributed by atoms with Crippen molar-refractivity contribution in [1.82, 2.24) is 0 Å². The van der Waals surface area contributed by atoms with Crippen LogP contribution in [0.5, 0.6) is 0 Å². The van der Waals surface area contributed by atoms with E-state index >= 15 is 0 Å². The van der Waals surface area contributed by atoms with Crippen LogP contribution in [-0.4, -0.2) is 0 Å². The van der Waals surface area contributed by atoms with Crippen LogP contribution in [0.4, 0.5) is 17.1 Å². The first-order chi connectivity index (χ1) is 37.0. The van der Waals surface area contributed by atoms with Gasteiger partial charge in [-0.3, -0.25) is 0 Å². The molecule has 0 N–H and O–H groups in total. The molecule has 350 valence electrons. The van der Waals surface area contributed by atoms with Crippen molar-refractivity contribution >= 4 is 27.8 Å². The Bertz CT molecular complexity index is 4050. The summed E-state index contributed by atoms with van der Waals surface area (Å²) in [5.74, 6) is 0. The third-order valence-electron chi connectivity index (χ3n) is 17.5. The Hall–Kier alpha value is -9.30. The minimum absolute atomic E-state index is 0.473. The van der Waals surface area contributed by atoms with Crippen LogP contribution in [0.15, 0.2) is 261 Å². The van der Waals surface area contributed by atoms with E-state index in [2.05, 4.69) is 280 Å². The third kappa shape index (κ3) is 5.57. The summed E-state index contributed by atoms with van der Waals surface area (Å²) in [7, 11) is 0. The average molecular weight is 952 g/mol. The zero-order valence-electron chi connectivity index (χ0n) is 41.8. The van der Waals surface area contributed by atoms with E-state index in [0.717, 1.165) is 17.1 Å². The molecule has 0 heterocycles. The minimum atomic E-state index is -0.473. The van der Waals surface area contributed by atoms with Gasteiger partial charge in [-0.15, -0.1) is 0 Å². The summed E-state index contributed by atoms with van der Waals surface area (Å²) in [5, 5.41) is 2.55. The largest absolute Gasteiger partial charge is 0.310 e. The van der Waals surface area contributed by atoms with Gasteiger partial charge in [-0.1, -0.05) is 224 Å². The lowest BCUT2D eigenvalue weighted by Gasteiger charge is -2.33. The molecule has 0 unspecified atom stereocenters. The molecule has 0 aromatic heterocycles. The third-order valence-corrected chi connectivity index (χ3v) is 17.5. The number of hydrogen-bond donors (Lipinski definition) is 0. The summed E-state index contributed by atoms with van der Waals surface area (Å²) in [6.45, 7) is 4.54. The molecule has 1 nitrogen and oxygen atoms in total. The molecule has 0 fully saturated rings. The molecule has 12 aromatic carbocycles. The fourth-order valence-corrected chi connectivity index (χ4v) is 14.7. The molecule has 0 saturated carbocycles. The van der Waals surface area contributed by atoms with Crippen LogP contribution in [0.1, 0.15) is 55.6 Å². The molecule has 4 aliphatic rings. The van der Waals surface area contributed by atoms with Gasteiger partial charge in [0.05, 0.1) is 10.8 Å². The van der Waals surface area contributed by atoms with Gasteiger partial charge in [-0.05, 0) is 183 Å². The van der Waals surface area contributed by atoms with Crippen LogP contribution in [-0.2, 0) is 10.8 Å². The molecule has 2 spiro atoms. The molecule has 4 aliphatic carbocycles. The van der Waals surface area contributed by atoms with Crippen LogP contribution in [0, 0.1) is 13.8 Å². The van der Waals surface area contributed by atoms with E-state index in [1.54, 1.807) is 0 Å². The number of benzene rings is 12. The molecule has 0 bridgehead atoms. The summed E-state index contributed by atoms with van der Waals surface area (Å²) in [6.07, 6.45) is 0. The number of hydrogen-bond acceptors (Lipinski definition) is 1. The molecular formula is C74H49N. The lowest BCUT2D eigenvalue weighted by molar-refractivity contribution is 0.792. The molecule has 0 radical (unpaired) electrons. The molecule has 0 amide bonds. The SMILES string of the molecule is Cc1cc(-c2ccc(N(c3ccc4c(c3)C3(c5ccccc5-c5ccccc53)c3ccccc3-4)c3ccc4c(c3)C3(c5ccccc5-c5ccccc53)c3ccccc3-4)cc2)cc(C)c1-c1cccc2ccccc12. The molecule has 0 aliphatic heterocycles. The van der Waals surface area contributed by atoms with E-state index < -0.39 is 10.8 Å². The first kappa shape index (κ1) is 42.2. The highest BCUT2D eigenvalue weighted by Crippen LogP contribution is 2.65. The quantitative estimate of drug-likeness (QED) is 0.166. The molecular weight excluding hydrogens is 903 g/mol. The molecule has 1 heteroatoms. The van der Waals surface area contributed by atoms with Crippen molar-refractivity contribution in [3.8, 4) is 66.8 Å². The van der Waals surface area contributed by atoms with Gasteiger partial charge in [0, 0.05) is 17.1 Å². The fraction of sp³-hybridized carbons (Fsp3) is 0.0541. The van der Waals surface area contributed by atoms with E-state index in [-0.39, 0.29) is 0 Å². The van der Waals surface area contributed by atoms with Gasteiger partial charge < -0.3 is 4.90 Å². The Morgan fingerprint density at radius 1 is 0.253 bits per heavy atom. The van der Waals surface area contributed by atoms with Crippen molar-refractivity contribution in [3.05, 3.63) is 316 Å². The van der Waals surface area contributed by atoms with Gasteiger partial charge in [0.2, 0.25) is 0 Å². The smallest absolute Gasteiger partial charge is 0.0726 e. The molecule has 12 aromatic rings. The summed E-state index contributed by atoms with van der Waals surface area (Å²) < 4.78 is 0. The molecule has 16 rings (SSSR count). The minimum Gasteiger partial charge on any atom is -0.310 e. The Labute approximate surface area is 438 Å². The van der Waals surface area contributed by atoms with Crippen LogP contribution in [0.25, 0.3) is 77.5 Å². The zero-order chi connectivity index (χ0) is 49.6. The summed E-state index contributed by atoms with van der Waals surface area (Å²) in [5.41, 5.74) is 31.1. The highest BCUT2D eigenvalue weighted by molar-refractivity contribution is 6.01. The Balaban J connectivity index is 0.910. The number of nitrogens with zero attached hydrogens (tertiary/aromatic N) is 1. The van der Waals surface area contributed by atoms with Gasteiger partial charge in [0.15, 0.2) is 0 Å². The van der Waals surface area contributed by atoms with Crippen molar-refractivity contribution in [3.63, 3.8) is 0 Å². The van der Waals surface area contributed by atoms with Crippen LogP contribution < -0.4 is 4.90 Å². The zero-order valence-corrected chi connectivity index (χ0v) is 41.8. The van der Waals surface area contributed by atoms with E-state index in [1.165, 1.54) is 133 Å². The Morgan fingerprint density at radius 3 is 1.01 bits per heavy atom. The Morgan fingerprint density at radius 2 is 0.587 bits per heavy atom. The maximum atomic E-state index is 2.53. The number of fused-ring (bicyclic) bond motifs is 21. The second-order valence-corrected chi connectivity index (χ2v) is 21.1. The van der Waals surface area contributed by atoms with Gasteiger partial charge >= 0.3 is 0 Å². The van der Waals surface area contributed by atoms with Crippen molar-refractivity contribution in [1.29, 1.82) is 0 Å². The van der Waals surface area contributed by atoms with Gasteiger partial charge in [-0.25, -0.2) is 0 Å². The van der Waals surface area contributed by atoms with Gasteiger partial charge in [0.1, 0.15) is 0 Å². The first-order valence-corrected chi connectivity index (χ1v) is 26.4. The second kappa shape index (κ2) is 15.6. The van der Waals surface area contributed by atoms with E-state index in [4.69, 9.17) is 0 Å². The van der Waals surface area contributed by atoms with Gasteiger partial charge in [0.25, 0.3) is 0 Å². The van der Waals surface area contributed by atoms with Gasteiger partial charge in [-0.2, -0.15) is 0 Å². The van der Waals surface area contributed by atoms with E-state index in [1.807, 2.05) is 0 Å². The standard InChI is InChI=1S/C74H49N/c1-46-42-50(43-47(2)72(46)63-27-17-19-49-18-3-4-20-54(49)63)48-34-36-51(37-35-48)75(52-38-40-61-59-25-9-15-32-68(59)73(70(61)44-52)64-28-11-5-21-55(64)56-22-6-12-29-65(56)73)53-39-41-62-60-26-10-16-33-69(60)74(71(62)45-53)66-30-13-7-23-57(66)58-24-8-14-31-67(58)74/h3-45H,1-2H3. The van der Waals surface area contributed by atoms with Crippen molar-refractivity contribution < 1.29 is 0 Å². The summed E-state index contributed by atoms with van der Waals surface area (Å²) in [6, 6.07) is 98.8. The molecule has 0 saturated heterocycles. The fourth-order valence-electron chi connectivity index (χ4n) is 14.7. The second-order valence-electron chi connectivity index (χ2n) is 21.1. The number of aryl methyl sites for hydroxylation is 2. The number of rotatable bonds is 5. The van der Waals surface area contributed by atoms with Crippen LogP contribution >= 0.6 is 0 Å². The molecule has 0 atom stereocenters. The van der Waals surface area contributed by atoms with Crippen molar-refractivity contribution in [2.24, 2.45) is 0 Å². The first-order valence-electron chi connectivity index (χ1n) is 26.4. The lowest BCUT2D eigenvalue weighted by Crippen LogP contribution is -2.26. The van der Waals surface area contributed by atoms with Crippen molar-refractivity contribution in [2.75, 3.05) is 4.90 Å². The monoisotopic (exact) mass is 951 g/mol. The molecule has 75 heavy (non-hydrogen) atoms. The van der Waals surface area contributed by atoms with E-state index in [0.29, 0.717) is 0 Å². The normalized spacial score (nSPS) is 13.9. The Kier molecular flexibility index (Phi) is 8.79. The topological polar surface area (TPSA) is 3.24 Å². The van der Waals surface area contributed by atoms with E-state index in [9.17, 15) is 0 Å².